The topological polar surface area (TPSA) is 68.5 Å². The van der Waals surface area contributed by atoms with Gasteiger partial charge in [0, 0.05) is 37.2 Å². The van der Waals surface area contributed by atoms with Crippen molar-refractivity contribution in [3.63, 3.8) is 0 Å². The van der Waals surface area contributed by atoms with E-state index in [4.69, 9.17) is 0 Å². The second-order valence-corrected chi connectivity index (χ2v) is 7.39. The summed E-state index contributed by atoms with van der Waals surface area (Å²) in [6, 6.07) is 3.94. The van der Waals surface area contributed by atoms with E-state index >= 15 is 0 Å². The number of imidazole rings is 1. The van der Waals surface area contributed by atoms with Crippen molar-refractivity contribution in [3.8, 4) is 11.3 Å². The van der Waals surface area contributed by atoms with Crippen LogP contribution in [0.5, 0.6) is 0 Å². The van der Waals surface area contributed by atoms with Gasteiger partial charge < -0.3 is 4.57 Å². The normalized spacial score (nSPS) is 15.2. The van der Waals surface area contributed by atoms with Gasteiger partial charge in [-0.15, -0.1) is 0 Å². The Morgan fingerprint density at radius 1 is 1.18 bits per heavy atom. The van der Waals surface area contributed by atoms with Crippen molar-refractivity contribution in [2.45, 2.75) is 51.0 Å². The van der Waals surface area contributed by atoms with Crippen LogP contribution in [0, 0.1) is 11.6 Å². The van der Waals surface area contributed by atoms with Gasteiger partial charge in [0.15, 0.2) is 11.6 Å². The summed E-state index contributed by atoms with van der Waals surface area (Å²) in [4.78, 5) is 16.1. The number of halogens is 2. The molecule has 0 unspecified atom stereocenters. The van der Waals surface area contributed by atoms with Gasteiger partial charge in [0.25, 0.3) is 0 Å². The SMILES string of the molecule is Cn1c(CCn2cnc(-c3ccc(F)c(F)c3)c2C2CCCCC2)n[nH]c1=O. The molecule has 0 amide bonds. The molecule has 1 aliphatic carbocycles. The summed E-state index contributed by atoms with van der Waals surface area (Å²) in [6.07, 6.45) is 7.97. The minimum atomic E-state index is -0.867. The summed E-state index contributed by atoms with van der Waals surface area (Å²) in [5.41, 5.74) is 2.12. The lowest BCUT2D eigenvalue weighted by Crippen LogP contribution is -2.17. The number of benzene rings is 1. The zero-order valence-corrected chi connectivity index (χ0v) is 15.8. The highest BCUT2D eigenvalue weighted by atomic mass is 19.2. The molecule has 2 heterocycles. The van der Waals surface area contributed by atoms with Crippen LogP contribution in [0.25, 0.3) is 11.3 Å². The molecule has 1 aliphatic rings. The summed E-state index contributed by atoms with van der Waals surface area (Å²) in [5, 5.41) is 6.51. The molecular formula is C20H23F2N5O. The predicted octanol–water partition coefficient (Wildman–Crippen LogP) is 3.54. The standard InChI is InChI=1S/C20H23F2N5O/c1-26-17(24-25-20(26)28)9-10-27-12-23-18(14-7-8-15(21)16(22)11-14)19(27)13-5-3-2-4-6-13/h7-8,11-13H,2-6,9-10H2,1H3,(H,25,28). The first-order valence-electron chi connectivity index (χ1n) is 9.65. The van der Waals surface area contributed by atoms with Crippen molar-refractivity contribution >= 4 is 0 Å². The summed E-state index contributed by atoms with van der Waals surface area (Å²) >= 11 is 0. The van der Waals surface area contributed by atoms with Crippen molar-refractivity contribution in [2.75, 3.05) is 0 Å². The van der Waals surface area contributed by atoms with Gasteiger partial charge >= 0.3 is 5.69 Å². The summed E-state index contributed by atoms with van der Waals surface area (Å²) in [7, 11) is 1.68. The fourth-order valence-corrected chi connectivity index (χ4v) is 4.06. The number of H-pyrrole nitrogens is 1. The minimum absolute atomic E-state index is 0.240. The number of hydrogen-bond acceptors (Lipinski definition) is 3. The van der Waals surface area contributed by atoms with E-state index in [0.717, 1.165) is 37.4 Å². The Morgan fingerprint density at radius 2 is 1.96 bits per heavy atom. The zero-order chi connectivity index (χ0) is 19.7. The average Bonchev–Trinajstić information content (AvgIpc) is 3.27. The zero-order valence-electron chi connectivity index (χ0n) is 15.8. The van der Waals surface area contributed by atoms with Gasteiger partial charge in [0.2, 0.25) is 0 Å². The molecule has 1 aromatic carbocycles. The quantitative estimate of drug-likeness (QED) is 0.728. The number of nitrogens with zero attached hydrogens (tertiary/aromatic N) is 4. The lowest BCUT2D eigenvalue weighted by atomic mass is 9.85. The van der Waals surface area contributed by atoms with Crippen molar-refractivity contribution < 1.29 is 8.78 Å². The van der Waals surface area contributed by atoms with Crippen LogP contribution in [-0.4, -0.2) is 24.3 Å². The van der Waals surface area contributed by atoms with E-state index in [-0.39, 0.29) is 5.69 Å². The molecule has 8 heteroatoms. The molecule has 6 nitrogen and oxygen atoms in total. The summed E-state index contributed by atoms with van der Waals surface area (Å²) in [5.74, 6) is -0.722. The number of aryl methyl sites for hydroxylation is 2. The highest BCUT2D eigenvalue weighted by molar-refractivity contribution is 5.63. The van der Waals surface area contributed by atoms with Gasteiger partial charge in [-0.05, 0) is 31.0 Å². The van der Waals surface area contributed by atoms with E-state index in [9.17, 15) is 13.6 Å². The molecular weight excluding hydrogens is 364 g/mol. The van der Waals surface area contributed by atoms with E-state index < -0.39 is 11.6 Å². The van der Waals surface area contributed by atoms with Crippen LogP contribution in [0.2, 0.25) is 0 Å². The minimum Gasteiger partial charge on any atom is -0.333 e. The second kappa shape index (κ2) is 7.69. The van der Waals surface area contributed by atoms with E-state index in [1.807, 2.05) is 0 Å². The van der Waals surface area contributed by atoms with Gasteiger partial charge in [0.05, 0.1) is 12.0 Å². The molecule has 0 bridgehead atoms. The lowest BCUT2D eigenvalue weighted by molar-refractivity contribution is 0.423. The maximum Gasteiger partial charge on any atom is 0.343 e. The van der Waals surface area contributed by atoms with Crippen molar-refractivity contribution in [1.82, 2.24) is 24.3 Å². The number of aromatic nitrogens is 5. The Morgan fingerprint density at radius 3 is 2.64 bits per heavy atom. The van der Waals surface area contributed by atoms with Crippen LogP contribution in [0.15, 0.2) is 29.3 Å². The molecule has 0 atom stereocenters. The van der Waals surface area contributed by atoms with Crippen molar-refractivity contribution in [3.05, 3.63) is 58.2 Å². The third-order valence-corrected chi connectivity index (χ3v) is 5.61. The largest absolute Gasteiger partial charge is 0.343 e. The van der Waals surface area contributed by atoms with Gasteiger partial charge in [-0.1, -0.05) is 19.3 Å². The molecule has 0 radical (unpaired) electrons. The molecule has 2 aromatic heterocycles. The van der Waals surface area contributed by atoms with Gasteiger partial charge in [0.1, 0.15) is 5.82 Å². The maximum absolute atomic E-state index is 13.8. The smallest absolute Gasteiger partial charge is 0.333 e. The Bertz CT molecular complexity index is 1030. The van der Waals surface area contributed by atoms with E-state index in [1.165, 1.54) is 17.1 Å². The van der Waals surface area contributed by atoms with E-state index in [1.54, 1.807) is 19.4 Å². The Labute approximate surface area is 161 Å². The molecule has 0 saturated heterocycles. The molecule has 28 heavy (non-hydrogen) atoms. The summed E-state index contributed by atoms with van der Waals surface area (Å²) in [6.45, 7) is 0.612. The molecule has 1 fully saturated rings. The van der Waals surface area contributed by atoms with Crippen molar-refractivity contribution in [2.24, 2.45) is 7.05 Å². The highest BCUT2D eigenvalue weighted by Gasteiger charge is 2.24. The van der Waals surface area contributed by atoms with Gasteiger partial charge in [-0.25, -0.2) is 23.7 Å². The van der Waals surface area contributed by atoms with E-state index in [2.05, 4.69) is 19.7 Å². The molecule has 1 N–H and O–H groups in total. The van der Waals surface area contributed by atoms with Crippen LogP contribution >= 0.6 is 0 Å². The Balaban J connectivity index is 1.69. The van der Waals surface area contributed by atoms with Gasteiger partial charge in [-0.3, -0.25) is 4.57 Å². The highest BCUT2D eigenvalue weighted by Crippen LogP contribution is 2.38. The fourth-order valence-electron chi connectivity index (χ4n) is 4.06. The first-order chi connectivity index (χ1) is 13.5. The maximum atomic E-state index is 13.8. The van der Waals surface area contributed by atoms with Crippen LogP contribution in [-0.2, 0) is 20.0 Å². The van der Waals surface area contributed by atoms with Crippen LogP contribution in [0.4, 0.5) is 8.78 Å². The predicted molar refractivity (Wildman–Crippen MR) is 101 cm³/mol. The Hall–Kier alpha value is -2.77. The average molecular weight is 387 g/mol. The molecule has 3 aromatic rings. The van der Waals surface area contributed by atoms with E-state index in [0.29, 0.717) is 36.0 Å². The van der Waals surface area contributed by atoms with Crippen LogP contribution in [0.3, 0.4) is 0 Å². The fraction of sp³-hybridized carbons (Fsp3) is 0.450. The first-order valence-corrected chi connectivity index (χ1v) is 9.65. The number of aromatic amines is 1. The molecule has 0 aliphatic heterocycles. The lowest BCUT2D eigenvalue weighted by Gasteiger charge is -2.24. The van der Waals surface area contributed by atoms with Crippen molar-refractivity contribution in [1.29, 1.82) is 0 Å². The second-order valence-electron chi connectivity index (χ2n) is 7.39. The molecule has 4 rings (SSSR count). The third-order valence-electron chi connectivity index (χ3n) is 5.61. The van der Waals surface area contributed by atoms with Crippen LogP contribution in [0.1, 0.15) is 49.5 Å². The number of rotatable bonds is 5. The molecule has 1 saturated carbocycles. The van der Waals surface area contributed by atoms with Crippen LogP contribution < -0.4 is 5.69 Å². The summed E-state index contributed by atoms with van der Waals surface area (Å²) < 4.78 is 30.8. The van der Waals surface area contributed by atoms with Gasteiger partial charge in [-0.2, -0.15) is 5.10 Å². The number of nitrogens with one attached hydrogen (secondary N) is 1. The molecule has 148 valence electrons. The Kier molecular flexibility index (Phi) is 5.11. The third kappa shape index (κ3) is 3.50. The first kappa shape index (κ1) is 18.6. The monoisotopic (exact) mass is 387 g/mol. The number of hydrogen-bond donors (Lipinski definition) is 1. The molecule has 0 spiro atoms.